The van der Waals surface area contributed by atoms with Gasteiger partial charge in [-0.05, 0) is 19.1 Å². The van der Waals surface area contributed by atoms with Crippen LogP contribution in [0.2, 0.25) is 10.0 Å². The summed E-state index contributed by atoms with van der Waals surface area (Å²) in [6, 6.07) is 3.27. The van der Waals surface area contributed by atoms with Crippen molar-refractivity contribution in [1.82, 2.24) is 8.77 Å². The predicted octanol–water partition coefficient (Wildman–Crippen LogP) is 3.52. The van der Waals surface area contributed by atoms with E-state index in [1.54, 1.807) is 12.1 Å². The topological polar surface area (TPSA) is 34.4 Å². The van der Waals surface area contributed by atoms with Crippen LogP contribution in [0.3, 0.4) is 0 Å². The maximum Gasteiger partial charge on any atom is 0.281 e. The highest BCUT2D eigenvalue weighted by atomic mass is 35.5. The van der Waals surface area contributed by atoms with Gasteiger partial charge in [-0.15, -0.1) is 0 Å². The Morgan fingerprint density at radius 1 is 1.29 bits per heavy atom. The Labute approximate surface area is 110 Å². The van der Waals surface area contributed by atoms with E-state index >= 15 is 0 Å². The zero-order valence-corrected chi connectivity index (χ0v) is 11.0. The summed E-state index contributed by atoms with van der Waals surface area (Å²) in [5.41, 5.74) is 2.11. The summed E-state index contributed by atoms with van der Waals surface area (Å²) in [7, 11) is 0. The molecular formula is C11H6Cl2N2OS. The molecule has 17 heavy (non-hydrogen) atoms. The zero-order chi connectivity index (χ0) is 12.2. The van der Waals surface area contributed by atoms with Gasteiger partial charge in [0.1, 0.15) is 0 Å². The third-order valence-electron chi connectivity index (χ3n) is 2.58. The molecule has 0 aliphatic rings. The quantitative estimate of drug-likeness (QED) is 0.633. The SMILES string of the molecule is Cc1csn2c1nc(=O)c1cc(Cl)c(Cl)cc12. The Balaban J connectivity index is 2.65. The van der Waals surface area contributed by atoms with Crippen molar-refractivity contribution in [2.75, 3.05) is 0 Å². The lowest BCUT2D eigenvalue weighted by molar-refractivity contribution is 1.21. The van der Waals surface area contributed by atoms with Crippen molar-refractivity contribution in [3.05, 3.63) is 43.5 Å². The first-order chi connectivity index (χ1) is 8.08. The van der Waals surface area contributed by atoms with Crippen molar-refractivity contribution in [3.63, 3.8) is 0 Å². The minimum atomic E-state index is -0.278. The average Bonchev–Trinajstić information content (AvgIpc) is 2.64. The van der Waals surface area contributed by atoms with Gasteiger partial charge in [-0.1, -0.05) is 34.7 Å². The highest BCUT2D eigenvalue weighted by Crippen LogP contribution is 2.28. The molecule has 0 saturated heterocycles. The van der Waals surface area contributed by atoms with Crippen molar-refractivity contribution < 1.29 is 0 Å². The molecule has 0 unspecified atom stereocenters. The molecule has 2 aromatic heterocycles. The van der Waals surface area contributed by atoms with Gasteiger partial charge in [0.2, 0.25) is 0 Å². The average molecular weight is 285 g/mol. The van der Waals surface area contributed by atoms with Crippen LogP contribution in [0.15, 0.2) is 22.3 Å². The fraction of sp³-hybridized carbons (Fsp3) is 0.0909. The molecule has 6 heteroatoms. The molecule has 3 rings (SSSR count). The van der Waals surface area contributed by atoms with Gasteiger partial charge in [0, 0.05) is 10.9 Å². The lowest BCUT2D eigenvalue weighted by Crippen LogP contribution is -2.09. The fourth-order valence-corrected chi connectivity index (χ4v) is 2.97. The molecule has 86 valence electrons. The lowest BCUT2D eigenvalue weighted by atomic mass is 10.2. The van der Waals surface area contributed by atoms with Crippen LogP contribution in [-0.4, -0.2) is 8.77 Å². The summed E-state index contributed by atoms with van der Waals surface area (Å²) in [5, 5.41) is 3.23. The normalized spacial score (nSPS) is 11.5. The van der Waals surface area contributed by atoms with E-state index in [4.69, 9.17) is 23.2 Å². The Morgan fingerprint density at radius 2 is 2.00 bits per heavy atom. The fourth-order valence-electron chi connectivity index (χ4n) is 1.73. The first kappa shape index (κ1) is 11.0. The van der Waals surface area contributed by atoms with Crippen LogP contribution in [0.5, 0.6) is 0 Å². The second-order valence-electron chi connectivity index (χ2n) is 3.72. The number of fused-ring (bicyclic) bond motifs is 3. The number of aromatic nitrogens is 2. The molecule has 0 amide bonds. The number of aryl methyl sites for hydroxylation is 1. The third kappa shape index (κ3) is 1.56. The van der Waals surface area contributed by atoms with Crippen molar-refractivity contribution in [3.8, 4) is 0 Å². The van der Waals surface area contributed by atoms with E-state index < -0.39 is 0 Å². The Morgan fingerprint density at radius 3 is 2.76 bits per heavy atom. The van der Waals surface area contributed by atoms with E-state index in [-0.39, 0.29) is 5.56 Å². The molecule has 2 heterocycles. The summed E-state index contributed by atoms with van der Waals surface area (Å²) in [4.78, 5) is 15.9. The second kappa shape index (κ2) is 3.70. The Hall–Kier alpha value is -1.10. The molecule has 0 saturated carbocycles. The first-order valence-corrected chi connectivity index (χ1v) is 6.43. The minimum absolute atomic E-state index is 0.278. The maximum atomic E-state index is 11.9. The van der Waals surface area contributed by atoms with E-state index in [0.717, 1.165) is 11.1 Å². The van der Waals surface area contributed by atoms with E-state index in [0.29, 0.717) is 21.1 Å². The van der Waals surface area contributed by atoms with Crippen LogP contribution in [0.1, 0.15) is 5.56 Å². The molecule has 1 aromatic carbocycles. The van der Waals surface area contributed by atoms with Crippen molar-refractivity contribution in [2.45, 2.75) is 6.92 Å². The zero-order valence-electron chi connectivity index (χ0n) is 8.70. The molecule has 0 bridgehead atoms. The molecule has 3 nitrogen and oxygen atoms in total. The summed E-state index contributed by atoms with van der Waals surface area (Å²) >= 11 is 13.4. The number of hydrogen-bond donors (Lipinski definition) is 0. The molecular weight excluding hydrogens is 279 g/mol. The Bertz CT molecular complexity index is 806. The molecule has 0 aliphatic heterocycles. The van der Waals surface area contributed by atoms with Crippen molar-refractivity contribution in [2.24, 2.45) is 0 Å². The Kier molecular flexibility index (Phi) is 2.40. The van der Waals surface area contributed by atoms with Gasteiger partial charge in [-0.2, -0.15) is 4.98 Å². The number of hydrogen-bond acceptors (Lipinski definition) is 3. The number of halogens is 2. The van der Waals surface area contributed by atoms with Crippen molar-refractivity contribution >= 4 is 51.3 Å². The second-order valence-corrected chi connectivity index (χ2v) is 5.35. The standard InChI is InChI=1S/C11H6Cl2N2OS/c1-5-4-17-15-9-3-8(13)7(12)2-6(9)11(16)14-10(5)15/h2-4H,1H3. The molecule has 0 N–H and O–H groups in total. The van der Waals surface area contributed by atoms with Gasteiger partial charge in [-0.3, -0.25) is 4.79 Å². The summed E-state index contributed by atoms with van der Waals surface area (Å²) in [6.07, 6.45) is 0. The molecule has 0 fully saturated rings. The number of benzene rings is 1. The molecule has 0 aliphatic carbocycles. The van der Waals surface area contributed by atoms with Gasteiger partial charge in [0.05, 0.1) is 20.9 Å². The van der Waals surface area contributed by atoms with Gasteiger partial charge in [0.15, 0.2) is 5.65 Å². The summed E-state index contributed by atoms with van der Waals surface area (Å²) in [6.45, 7) is 1.92. The third-order valence-corrected chi connectivity index (χ3v) is 4.34. The van der Waals surface area contributed by atoms with E-state index in [1.807, 2.05) is 16.1 Å². The molecule has 0 spiro atoms. The number of rotatable bonds is 0. The first-order valence-electron chi connectivity index (χ1n) is 4.84. The van der Waals surface area contributed by atoms with Crippen LogP contribution in [0, 0.1) is 6.92 Å². The van der Waals surface area contributed by atoms with Crippen LogP contribution in [0.4, 0.5) is 0 Å². The highest BCUT2D eigenvalue weighted by molar-refractivity contribution is 7.05. The smallest absolute Gasteiger partial charge is 0.267 e. The van der Waals surface area contributed by atoms with Gasteiger partial charge in [-0.25, -0.2) is 3.79 Å². The molecule has 0 atom stereocenters. The molecule has 0 radical (unpaired) electrons. The van der Waals surface area contributed by atoms with Crippen LogP contribution in [-0.2, 0) is 0 Å². The highest BCUT2D eigenvalue weighted by Gasteiger charge is 2.11. The van der Waals surface area contributed by atoms with Crippen LogP contribution < -0.4 is 5.56 Å². The minimum Gasteiger partial charge on any atom is -0.267 e. The summed E-state index contributed by atoms with van der Waals surface area (Å²) in [5.74, 6) is 0. The largest absolute Gasteiger partial charge is 0.281 e. The van der Waals surface area contributed by atoms with Crippen LogP contribution >= 0.6 is 34.7 Å². The molecule has 3 aromatic rings. The number of nitrogens with zero attached hydrogens (tertiary/aromatic N) is 2. The van der Waals surface area contributed by atoms with E-state index in [1.165, 1.54) is 11.5 Å². The van der Waals surface area contributed by atoms with E-state index in [9.17, 15) is 4.79 Å². The van der Waals surface area contributed by atoms with Gasteiger partial charge >= 0.3 is 0 Å². The lowest BCUT2D eigenvalue weighted by Gasteiger charge is -2.02. The van der Waals surface area contributed by atoms with Gasteiger partial charge in [0.25, 0.3) is 5.56 Å². The van der Waals surface area contributed by atoms with Crippen molar-refractivity contribution in [1.29, 1.82) is 0 Å². The summed E-state index contributed by atoms with van der Waals surface area (Å²) < 4.78 is 1.88. The van der Waals surface area contributed by atoms with Gasteiger partial charge < -0.3 is 0 Å². The van der Waals surface area contributed by atoms with E-state index in [2.05, 4.69) is 4.98 Å². The maximum absolute atomic E-state index is 11.9. The monoisotopic (exact) mass is 284 g/mol. The van der Waals surface area contributed by atoms with Crippen LogP contribution in [0.25, 0.3) is 16.6 Å². The predicted molar refractivity (Wildman–Crippen MR) is 71.6 cm³/mol.